The highest BCUT2D eigenvalue weighted by atomic mass is 35.5. The van der Waals surface area contributed by atoms with E-state index in [4.69, 9.17) is 33.7 Å². The zero-order chi connectivity index (χ0) is 13.3. The molecule has 2 atom stereocenters. The normalized spacial score (nSPS) is 23.1. The van der Waals surface area contributed by atoms with Gasteiger partial charge in [-0.25, -0.2) is 0 Å². The van der Waals surface area contributed by atoms with Crippen LogP contribution in [-0.4, -0.2) is 17.1 Å². The molecule has 1 aliphatic rings. The molecule has 1 saturated carbocycles. The maximum Gasteiger partial charge on any atom is 0.272 e. The van der Waals surface area contributed by atoms with E-state index in [2.05, 4.69) is 0 Å². The van der Waals surface area contributed by atoms with Crippen LogP contribution >= 0.6 is 23.2 Å². The van der Waals surface area contributed by atoms with E-state index in [0.717, 1.165) is 19.3 Å². The number of hydrogen-bond donors (Lipinski definition) is 1. The van der Waals surface area contributed by atoms with Crippen LogP contribution in [0.3, 0.4) is 0 Å². The molecule has 98 valence electrons. The molecule has 0 saturated heterocycles. The van der Waals surface area contributed by atoms with Crippen molar-refractivity contribution in [1.29, 1.82) is 0 Å². The number of benzene rings is 1. The number of ether oxygens (including phenoxy) is 1. The lowest BCUT2D eigenvalue weighted by Gasteiger charge is -2.19. The Balaban J connectivity index is 2.25. The van der Waals surface area contributed by atoms with E-state index in [-0.39, 0.29) is 33.6 Å². The number of nitrogens with zero attached hydrogens (tertiary/aromatic N) is 1. The molecule has 1 aromatic carbocycles. The summed E-state index contributed by atoms with van der Waals surface area (Å²) in [5.74, 6) is 0.270. The molecule has 2 N–H and O–H groups in total. The Morgan fingerprint density at radius 1 is 1.33 bits per heavy atom. The van der Waals surface area contributed by atoms with Crippen molar-refractivity contribution >= 4 is 28.9 Å². The number of nitro groups is 1. The lowest BCUT2D eigenvalue weighted by Crippen LogP contribution is -2.33. The lowest BCUT2D eigenvalue weighted by atomic mass is 10.2. The van der Waals surface area contributed by atoms with Gasteiger partial charge in [-0.1, -0.05) is 23.2 Å². The topological polar surface area (TPSA) is 78.4 Å². The van der Waals surface area contributed by atoms with Crippen LogP contribution in [0.4, 0.5) is 5.69 Å². The van der Waals surface area contributed by atoms with Crippen LogP contribution < -0.4 is 10.5 Å². The quantitative estimate of drug-likeness (QED) is 0.685. The van der Waals surface area contributed by atoms with Gasteiger partial charge in [0, 0.05) is 18.2 Å². The standard InChI is InChI=1S/C11H12Cl2N2O3/c12-7-4-6(15(16)17)5-8(13)11(7)18-10-3-1-2-9(10)14/h4-5,9-10H,1-3,14H2. The zero-order valence-electron chi connectivity index (χ0n) is 9.44. The maximum absolute atomic E-state index is 10.6. The summed E-state index contributed by atoms with van der Waals surface area (Å²) in [6.45, 7) is 0. The van der Waals surface area contributed by atoms with E-state index in [1.54, 1.807) is 0 Å². The van der Waals surface area contributed by atoms with Crippen LogP contribution in [0.2, 0.25) is 10.0 Å². The summed E-state index contributed by atoms with van der Waals surface area (Å²) < 4.78 is 5.67. The van der Waals surface area contributed by atoms with Gasteiger partial charge >= 0.3 is 0 Å². The molecule has 18 heavy (non-hydrogen) atoms. The van der Waals surface area contributed by atoms with Crippen LogP contribution in [-0.2, 0) is 0 Å². The Kier molecular flexibility index (Phi) is 3.94. The summed E-state index contributed by atoms with van der Waals surface area (Å²) in [4.78, 5) is 10.1. The Labute approximate surface area is 114 Å². The van der Waals surface area contributed by atoms with Crippen molar-refractivity contribution < 1.29 is 9.66 Å². The second-order valence-corrected chi connectivity index (χ2v) is 5.06. The highest BCUT2D eigenvalue weighted by molar-refractivity contribution is 6.37. The summed E-state index contributed by atoms with van der Waals surface area (Å²) in [6.07, 6.45) is 2.59. The molecule has 2 unspecified atom stereocenters. The molecule has 1 fully saturated rings. The average Bonchev–Trinajstić information content (AvgIpc) is 2.69. The molecule has 5 nitrogen and oxygen atoms in total. The first-order chi connectivity index (χ1) is 8.49. The predicted molar refractivity (Wildman–Crippen MR) is 69.4 cm³/mol. The fourth-order valence-electron chi connectivity index (χ4n) is 2.02. The van der Waals surface area contributed by atoms with Crippen molar-refractivity contribution in [2.24, 2.45) is 5.73 Å². The molecule has 1 aliphatic carbocycles. The van der Waals surface area contributed by atoms with Crippen LogP contribution in [0.1, 0.15) is 19.3 Å². The Morgan fingerprint density at radius 3 is 2.39 bits per heavy atom. The van der Waals surface area contributed by atoms with Crippen molar-refractivity contribution in [2.45, 2.75) is 31.4 Å². The molecule has 7 heteroatoms. The Morgan fingerprint density at radius 2 is 1.94 bits per heavy atom. The first kappa shape index (κ1) is 13.4. The zero-order valence-corrected chi connectivity index (χ0v) is 10.9. The molecule has 0 heterocycles. The minimum atomic E-state index is -0.553. The minimum Gasteiger partial charge on any atom is -0.486 e. The van der Waals surface area contributed by atoms with Gasteiger partial charge < -0.3 is 10.5 Å². The third kappa shape index (κ3) is 2.68. The van der Waals surface area contributed by atoms with Crippen molar-refractivity contribution in [1.82, 2.24) is 0 Å². The number of rotatable bonds is 3. The summed E-state index contributed by atoms with van der Waals surface area (Å²) in [6, 6.07) is 2.40. The maximum atomic E-state index is 10.6. The molecule has 0 aliphatic heterocycles. The molecule has 0 amide bonds. The highest BCUT2D eigenvalue weighted by Gasteiger charge is 2.27. The van der Waals surface area contributed by atoms with Gasteiger partial charge in [-0.05, 0) is 19.3 Å². The number of non-ortho nitro benzene ring substituents is 1. The van der Waals surface area contributed by atoms with Gasteiger partial charge in [0.1, 0.15) is 6.10 Å². The Hall–Kier alpha value is -1.04. The lowest BCUT2D eigenvalue weighted by molar-refractivity contribution is -0.384. The van der Waals surface area contributed by atoms with Crippen molar-refractivity contribution in [3.63, 3.8) is 0 Å². The summed E-state index contributed by atoms with van der Waals surface area (Å²) >= 11 is 11.9. The van der Waals surface area contributed by atoms with E-state index >= 15 is 0 Å². The van der Waals surface area contributed by atoms with E-state index in [1.165, 1.54) is 12.1 Å². The van der Waals surface area contributed by atoms with Gasteiger partial charge in [-0.15, -0.1) is 0 Å². The van der Waals surface area contributed by atoms with Crippen LogP contribution in [0.15, 0.2) is 12.1 Å². The number of halogens is 2. The van der Waals surface area contributed by atoms with Crippen molar-refractivity contribution in [3.05, 3.63) is 32.3 Å². The molecule has 0 radical (unpaired) electrons. The minimum absolute atomic E-state index is 0.0488. The fourth-order valence-corrected chi connectivity index (χ4v) is 2.58. The number of nitrogens with two attached hydrogens (primary N) is 1. The van der Waals surface area contributed by atoms with Gasteiger partial charge in [0.2, 0.25) is 0 Å². The van der Waals surface area contributed by atoms with Crippen LogP contribution in [0, 0.1) is 10.1 Å². The van der Waals surface area contributed by atoms with Crippen molar-refractivity contribution in [3.8, 4) is 5.75 Å². The van der Waals surface area contributed by atoms with E-state index in [1.807, 2.05) is 0 Å². The van der Waals surface area contributed by atoms with Crippen LogP contribution in [0.25, 0.3) is 0 Å². The van der Waals surface area contributed by atoms with Crippen molar-refractivity contribution in [2.75, 3.05) is 0 Å². The predicted octanol–water partition coefficient (Wildman–Crippen LogP) is 3.16. The molecule has 1 aromatic rings. The first-order valence-corrected chi connectivity index (χ1v) is 6.30. The average molecular weight is 291 g/mol. The van der Waals surface area contributed by atoms with Gasteiger partial charge in [0.25, 0.3) is 5.69 Å². The Bertz CT molecular complexity index is 458. The molecule has 0 bridgehead atoms. The largest absolute Gasteiger partial charge is 0.486 e. The van der Waals surface area contributed by atoms with Gasteiger partial charge in [0.15, 0.2) is 5.75 Å². The van der Waals surface area contributed by atoms with Crippen LogP contribution in [0.5, 0.6) is 5.75 Å². The third-order valence-corrected chi connectivity index (χ3v) is 3.53. The number of hydrogen-bond acceptors (Lipinski definition) is 4. The molecular formula is C11H12Cl2N2O3. The first-order valence-electron chi connectivity index (χ1n) is 5.54. The summed E-state index contributed by atoms with van der Waals surface area (Å²) in [5.41, 5.74) is 5.73. The van der Waals surface area contributed by atoms with Gasteiger partial charge in [0.05, 0.1) is 15.0 Å². The second kappa shape index (κ2) is 5.30. The van der Waals surface area contributed by atoms with E-state index < -0.39 is 4.92 Å². The number of nitro benzene ring substituents is 1. The molecule has 0 spiro atoms. The smallest absolute Gasteiger partial charge is 0.272 e. The van der Waals surface area contributed by atoms with Gasteiger partial charge in [-0.3, -0.25) is 10.1 Å². The fraction of sp³-hybridized carbons (Fsp3) is 0.455. The molecular weight excluding hydrogens is 279 g/mol. The van der Waals surface area contributed by atoms with E-state index in [9.17, 15) is 10.1 Å². The monoisotopic (exact) mass is 290 g/mol. The molecule has 2 rings (SSSR count). The summed E-state index contributed by atoms with van der Waals surface area (Å²) in [7, 11) is 0. The SMILES string of the molecule is NC1CCCC1Oc1c(Cl)cc([N+](=O)[O-])cc1Cl. The summed E-state index contributed by atoms with van der Waals surface area (Å²) in [5, 5.41) is 10.9. The van der Waals surface area contributed by atoms with Gasteiger partial charge in [-0.2, -0.15) is 0 Å². The highest BCUT2D eigenvalue weighted by Crippen LogP contribution is 2.38. The third-order valence-electron chi connectivity index (χ3n) is 2.97. The van der Waals surface area contributed by atoms with E-state index in [0.29, 0.717) is 0 Å². The second-order valence-electron chi connectivity index (χ2n) is 4.25. The molecule has 0 aromatic heterocycles.